The SMILES string of the molecule is C=C(C)/C=c1/nc([C@@H]2CCCN2)[nH]c1=C. The highest BCUT2D eigenvalue weighted by Crippen LogP contribution is 2.17. The third-order valence-corrected chi connectivity index (χ3v) is 2.60. The number of aromatic nitrogens is 2. The Bertz CT molecular complexity index is 464. The van der Waals surface area contributed by atoms with Crippen LogP contribution in [0.15, 0.2) is 12.2 Å². The summed E-state index contributed by atoms with van der Waals surface area (Å²) < 4.78 is 0. The minimum atomic E-state index is 0.373. The third-order valence-electron chi connectivity index (χ3n) is 2.60. The van der Waals surface area contributed by atoms with Crippen LogP contribution in [0.4, 0.5) is 0 Å². The lowest BCUT2D eigenvalue weighted by Crippen LogP contribution is -2.22. The number of hydrogen-bond acceptors (Lipinski definition) is 2. The van der Waals surface area contributed by atoms with Gasteiger partial charge in [0.25, 0.3) is 0 Å². The molecule has 2 rings (SSSR count). The van der Waals surface area contributed by atoms with Gasteiger partial charge in [-0.1, -0.05) is 18.7 Å². The summed E-state index contributed by atoms with van der Waals surface area (Å²) in [6, 6.07) is 0.373. The number of aromatic amines is 1. The topological polar surface area (TPSA) is 40.7 Å². The van der Waals surface area contributed by atoms with Crippen LogP contribution in [0.3, 0.4) is 0 Å². The van der Waals surface area contributed by atoms with E-state index in [0.29, 0.717) is 6.04 Å². The number of nitrogens with zero attached hydrogens (tertiary/aromatic N) is 1. The molecule has 0 aliphatic carbocycles. The van der Waals surface area contributed by atoms with Gasteiger partial charge in [0, 0.05) is 0 Å². The number of nitrogens with one attached hydrogen (secondary N) is 2. The summed E-state index contributed by atoms with van der Waals surface area (Å²) >= 11 is 0. The fraction of sp³-hybridized carbons (Fsp3) is 0.417. The Morgan fingerprint density at radius 3 is 3.00 bits per heavy atom. The molecule has 80 valence electrons. The summed E-state index contributed by atoms with van der Waals surface area (Å²) in [6.07, 6.45) is 4.33. The van der Waals surface area contributed by atoms with Crippen molar-refractivity contribution >= 4 is 12.7 Å². The average Bonchev–Trinajstić information content (AvgIpc) is 2.75. The Morgan fingerprint density at radius 2 is 2.40 bits per heavy atom. The lowest BCUT2D eigenvalue weighted by Gasteiger charge is -2.04. The van der Waals surface area contributed by atoms with E-state index in [4.69, 9.17) is 0 Å². The van der Waals surface area contributed by atoms with Gasteiger partial charge in [0.2, 0.25) is 0 Å². The van der Waals surface area contributed by atoms with Gasteiger partial charge in [-0.15, -0.1) is 0 Å². The quantitative estimate of drug-likeness (QED) is 0.739. The molecule has 3 nitrogen and oxygen atoms in total. The zero-order valence-corrected chi connectivity index (χ0v) is 9.14. The highest BCUT2D eigenvalue weighted by atomic mass is 15.0. The monoisotopic (exact) mass is 203 g/mol. The van der Waals surface area contributed by atoms with Crippen LogP contribution in [0.1, 0.15) is 31.6 Å². The molecule has 1 fully saturated rings. The van der Waals surface area contributed by atoms with Gasteiger partial charge in [-0.3, -0.25) is 0 Å². The van der Waals surface area contributed by atoms with E-state index < -0.39 is 0 Å². The molecule has 1 aliphatic heterocycles. The molecule has 0 amide bonds. The van der Waals surface area contributed by atoms with Gasteiger partial charge in [0.05, 0.1) is 16.7 Å². The van der Waals surface area contributed by atoms with Gasteiger partial charge < -0.3 is 10.3 Å². The molecule has 0 aromatic carbocycles. The van der Waals surface area contributed by atoms with E-state index in [1.165, 1.54) is 6.42 Å². The second-order valence-electron chi connectivity index (χ2n) is 4.13. The van der Waals surface area contributed by atoms with Crippen molar-refractivity contribution in [2.24, 2.45) is 0 Å². The van der Waals surface area contributed by atoms with E-state index in [1.807, 2.05) is 13.0 Å². The Labute approximate surface area is 89.6 Å². The van der Waals surface area contributed by atoms with Crippen LogP contribution in [0.25, 0.3) is 12.7 Å². The van der Waals surface area contributed by atoms with Crippen LogP contribution < -0.4 is 16.0 Å². The van der Waals surface area contributed by atoms with E-state index in [0.717, 1.165) is 35.1 Å². The molecule has 0 unspecified atom stereocenters. The Hall–Kier alpha value is -1.35. The maximum atomic E-state index is 4.54. The smallest absolute Gasteiger partial charge is 0.124 e. The molecule has 0 bridgehead atoms. The first kappa shape index (κ1) is 10.2. The van der Waals surface area contributed by atoms with Crippen LogP contribution in [0, 0.1) is 0 Å². The van der Waals surface area contributed by atoms with E-state index in [1.54, 1.807) is 0 Å². The fourth-order valence-electron chi connectivity index (χ4n) is 1.88. The van der Waals surface area contributed by atoms with Gasteiger partial charge in [-0.2, -0.15) is 0 Å². The molecule has 3 heteroatoms. The van der Waals surface area contributed by atoms with Crippen molar-refractivity contribution in [3.8, 4) is 0 Å². The lowest BCUT2D eigenvalue weighted by molar-refractivity contribution is 0.611. The predicted molar refractivity (Wildman–Crippen MR) is 62.6 cm³/mol. The molecule has 1 aromatic rings. The molecular weight excluding hydrogens is 186 g/mol. The minimum absolute atomic E-state index is 0.373. The van der Waals surface area contributed by atoms with Gasteiger partial charge in [-0.05, 0) is 32.4 Å². The molecule has 0 spiro atoms. The summed E-state index contributed by atoms with van der Waals surface area (Å²) in [5.41, 5.74) is 0.998. The second kappa shape index (κ2) is 4.03. The summed E-state index contributed by atoms with van der Waals surface area (Å²) in [7, 11) is 0. The zero-order chi connectivity index (χ0) is 10.8. The van der Waals surface area contributed by atoms with Gasteiger partial charge in [0.15, 0.2) is 0 Å². The van der Waals surface area contributed by atoms with Gasteiger partial charge in [0.1, 0.15) is 5.82 Å². The summed E-state index contributed by atoms with van der Waals surface area (Å²) in [6.45, 7) is 10.8. The lowest BCUT2D eigenvalue weighted by atomic mass is 10.2. The number of rotatable bonds is 2. The van der Waals surface area contributed by atoms with Gasteiger partial charge >= 0.3 is 0 Å². The molecule has 2 N–H and O–H groups in total. The largest absolute Gasteiger partial charge is 0.341 e. The highest BCUT2D eigenvalue weighted by Gasteiger charge is 2.18. The van der Waals surface area contributed by atoms with E-state index in [2.05, 4.69) is 28.4 Å². The van der Waals surface area contributed by atoms with Gasteiger partial charge in [-0.25, -0.2) is 4.98 Å². The molecule has 0 saturated carbocycles. The number of imidazole rings is 1. The summed E-state index contributed by atoms with van der Waals surface area (Å²) in [5, 5.41) is 5.19. The molecule has 1 aliphatic rings. The highest BCUT2D eigenvalue weighted by molar-refractivity contribution is 5.41. The van der Waals surface area contributed by atoms with E-state index in [-0.39, 0.29) is 0 Å². The van der Waals surface area contributed by atoms with Crippen molar-refractivity contribution in [2.75, 3.05) is 6.54 Å². The molecule has 1 atom stereocenters. The molecule has 15 heavy (non-hydrogen) atoms. The number of hydrogen-bond donors (Lipinski definition) is 2. The first-order chi connectivity index (χ1) is 7.16. The Morgan fingerprint density at radius 1 is 1.60 bits per heavy atom. The number of H-pyrrole nitrogens is 1. The first-order valence-corrected chi connectivity index (χ1v) is 5.32. The maximum absolute atomic E-state index is 4.54. The van der Waals surface area contributed by atoms with Crippen LogP contribution in [-0.2, 0) is 0 Å². The second-order valence-corrected chi connectivity index (χ2v) is 4.13. The standard InChI is InChI=1S/C12H17N3/c1-8(2)7-11-9(3)14-12(15-11)10-5-4-6-13-10/h7,10,13H,1,3-6H2,2H3,(H,14,15)/b11-7+/t10-/m0/s1. The Kier molecular flexibility index (Phi) is 2.73. The van der Waals surface area contributed by atoms with Crippen LogP contribution >= 0.6 is 0 Å². The van der Waals surface area contributed by atoms with Crippen molar-refractivity contribution < 1.29 is 0 Å². The van der Waals surface area contributed by atoms with Crippen molar-refractivity contribution in [1.29, 1.82) is 0 Å². The molecule has 0 radical (unpaired) electrons. The first-order valence-electron chi connectivity index (χ1n) is 5.32. The predicted octanol–water partition coefficient (Wildman–Crippen LogP) is 0.601. The van der Waals surface area contributed by atoms with Crippen LogP contribution in [-0.4, -0.2) is 16.5 Å². The van der Waals surface area contributed by atoms with Crippen molar-refractivity contribution in [3.63, 3.8) is 0 Å². The van der Waals surface area contributed by atoms with Crippen LogP contribution in [0.2, 0.25) is 0 Å². The minimum Gasteiger partial charge on any atom is -0.341 e. The summed E-state index contributed by atoms with van der Waals surface area (Å²) in [5.74, 6) is 1.00. The molecule has 2 heterocycles. The maximum Gasteiger partial charge on any atom is 0.124 e. The zero-order valence-electron chi connectivity index (χ0n) is 9.14. The number of allylic oxidation sites excluding steroid dienone is 1. The van der Waals surface area contributed by atoms with E-state index >= 15 is 0 Å². The van der Waals surface area contributed by atoms with E-state index in [9.17, 15) is 0 Å². The van der Waals surface area contributed by atoms with Crippen molar-refractivity contribution in [2.45, 2.75) is 25.8 Å². The van der Waals surface area contributed by atoms with Crippen LogP contribution in [0.5, 0.6) is 0 Å². The molecular formula is C12H17N3. The third kappa shape index (κ3) is 2.18. The van der Waals surface area contributed by atoms with Crippen molar-refractivity contribution in [3.05, 3.63) is 28.7 Å². The fourth-order valence-corrected chi connectivity index (χ4v) is 1.88. The molecule has 1 aromatic heterocycles. The molecule has 1 saturated heterocycles. The normalized spacial score (nSPS) is 22.2. The average molecular weight is 203 g/mol. The van der Waals surface area contributed by atoms with Crippen molar-refractivity contribution in [1.82, 2.24) is 15.3 Å². The summed E-state index contributed by atoms with van der Waals surface area (Å²) in [4.78, 5) is 7.77. The Balaban J connectivity index is 2.36.